The molecule has 126 valence electrons. The Kier molecular flexibility index (Phi) is 5.48. The summed E-state index contributed by atoms with van der Waals surface area (Å²) >= 11 is 12.7. The summed E-state index contributed by atoms with van der Waals surface area (Å²) in [5.41, 5.74) is 2.28. The van der Waals surface area contributed by atoms with Crippen molar-refractivity contribution in [2.45, 2.75) is 32.8 Å². The van der Waals surface area contributed by atoms with E-state index in [1.54, 1.807) is 4.90 Å². The van der Waals surface area contributed by atoms with Crippen molar-refractivity contribution in [1.82, 2.24) is 4.90 Å². The van der Waals surface area contributed by atoms with Crippen LogP contribution in [-0.2, 0) is 4.74 Å². The molecule has 23 heavy (non-hydrogen) atoms. The monoisotopic (exact) mass is 356 g/mol. The van der Waals surface area contributed by atoms with E-state index < -0.39 is 5.60 Å². The maximum absolute atomic E-state index is 12.1. The SMILES string of the molecule is CNc1cc(Cl)c(C2=CCN(C(=O)OC(C)(C)C)CC2)c(Cl)c1. The van der Waals surface area contributed by atoms with Crippen molar-refractivity contribution < 1.29 is 9.53 Å². The maximum atomic E-state index is 12.1. The van der Waals surface area contributed by atoms with Crippen LogP contribution in [0, 0.1) is 0 Å². The fraction of sp³-hybridized carbons (Fsp3) is 0.471. The normalized spacial score (nSPS) is 15.2. The number of rotatable bonds is 2. The molecule has 1 aromatic carbocycles. The lowest BCUT2D eigenvalue weighted by Gasteiger charge is -2.30. The molecule has 0 radical (unpaired) electrons. The first-order valence-corrected chi connectivity index (χ1v) is 8.31. The van der Waals surface area contributed by atoms with E-state index in [1.807, 2.05) is 46.0 Å². The van der Waals surface area contributed by atoms with Gasteiger partial charge in [-0.1, -0.05) is 29.3 Å². The van der Waals surface area contributed by atoms with Gasteiger partial charge in [0.15, 0.2) is 0 Å². The van der Waals surface area contributed by atoms with E-state index in [1.165, 1.54) is 0 Å². The minimum Gasteiger partial charge on any atom is -0.444 e. The van der Waals surface area contributed by atoms with Gasteiger partial charge in [0.1, 0.15) is 5.60 Å². The molecule has 1 aliphatic heterocycles. The van der Waals surface area contributed by atoms with Crippen LogP contribution in [0.4, 0.5) is 10.5 Å². The van der Waals surface area contributed by atoms with E-state index in [2.05, 4.69) is 5.32 Å². The van der Waals surface area contributed by atoms with E-state index in [0.717, 1.165) is 16.8 Å². The topological polar surface area (TPSA) is 41.6 Å². The number of carbonyl (C=O) groups excluding carboxylic acids is 1. The quantitative estimate of drug-likeness (QED) is 0.804. The predicted octanol–water partition coefficient (Wildman–Crippen LogP) is 5.06. The first-order valence-electron chi connectivity index (χ1n) is 7.55. The summed E-state index contributed by atoms with van der Waals surface area (Å²) in [5.74, 6) is 0. The van der Waals surface area contributed by atoms with Crippen molar-refractivity contribution in [3.05, 3.63) is 33.8 Å². The molecule has 0 spiro atoms. The Bertz CT molecular complexity index is 613. The van der Waals surface area contributed by atoms with Crippen LogP contribution < -0.4 is 5.32 Å². The molecule has 6 heteroatoms. The molecule has 1 aliphatic rings. The molecule has 2 rings (SSSR count). The second-order valence-corrected chi connectivity index (χ2v) is 7.29. The second kappa shape index (κ2) is 7.02. The third-order valence-electron chi connectivity index (χ3n) is 3.51. The highest BCUT2D eigenvalue weighted by atomic mass is 35.5. The highest BCUT2D eigenvalue weighted by Crippen LogP contribution is 2.36. The van der Waals surface area contributed by atoms with Gasteiger partial charge in [-0.25, -0.2) is 4.79 Å². The average molecular weight is 357 g/mol. The van der Waals surface area contributed by atoms with Gasteiger partial charge in [0.2, 0.25) is 0 Å². The molecule has 0 saturated heterocycles. The number of nitrogens with one attached hydrogen (secondary N) is 1. The fourth-order valence-electron chi connectivity index (χ4n) is 2.41. The summed E-state index contributed by atoms with van der Waals surface area (Å²) in [6.07, 6.45) is 2.38. The van der Waals surface area contributed by atoms with E-state index in [9.17, 15) is 4.79 Å². The van der Waals surface area contributed by atoms with Gasteiger partial charge in [0.25, 0.3) is 0 Å². The van der Waals surface area contributed by atoms with Gasteiger partial charge in [-0.05, 0) is 44.9 Å². The summed E-state index contributed by atoms with van der Waals surface area (Å²) in [6, 6.07) is 3.70. The Balaban J connectivity index is 2.15. The standard InChI is InChI=1S/C17H22Cl2N2O2/c1-17(2,3)23-16(22)21-7-5-11(6-8-21)15-13(18)9-12(20-4)10-14(15)19/h5,9-10,20H,6-8H2,1-4H3. The molecular weight excluding hydrogens is 335 g/mol. The summed E-state index contributed by atoms with van der Waals surface area (Å²) < 4.78 is 5.39. The lowest BCUT2D eigenvalue weighted by molar-refractivity contribution is 0.0270. The number of amides is 1. The van der Waals surface area contributed by atoms with Crippen LogP contribution in [0.1, 0.15) is 32.8 Å². The molecule has 0 saturated carbocycles. The average Bonchev–Trinajstić information content (AvgIpc) is 2.45. The third-order valence-corrected chi connectivity index (χ3v) is 4.11. The Hall–Kier alpha value is -1.39. The van der Waals surface area contributed by atoms with E-state index in [0.29, 0.717) is 29.6 Å². The van der Waals surface area contributed by atoms with Gasteiger partial charge in [-0.2, -0.15) is 0 Å². The number of nitrogens with zero attached hydrogens (tertiary/aromatic N) is 1. The predicted molar refractivity (Wildman–Crippen MR) is 96.4 cm³/mol. The lowest BCUT2D eigenvalue weighted by atomic mass is 9.99. The zero-order valence-corrected chi connectivity index (χ0v) is 15.4. The highest BCUT2D eigenvalue weighted by Gasteiger charge is 2.25. The smallest absolute Gasteiger partial charge is 0.410 e. The Morgan fingerprint density at radius 2 is 1.87 bits per heavy atom. The minimum atomic E-state index is -0.489. The molecule has 0 unspecified atom stereocenters. The maximum Gasteiger partial charge on any atom is 0.410 e. The molecule has 4 nitrogen and oxygen atoms in total. The van der Waals surface area contributed by atoms with Gasteiger partial charge in [-0.15, -0.1) is 0 Å². The number of carbonyl (C=O) groups is 1. The molecule has 1 aromatic rings. The molecule has 0 atom stereocenters. The summed E-state index contributed by atoms with van der Waals surface area (Å²) in [5, 5.41) is 4.24. The fourth-order valence-corrected chi connectivity index (χ4v) is 3.14. The molecule has 0 aromatic heterocycles. The molecular formula is C17H22Cl2N2O2. The van der Waals surface area contributed by atoms with Crippen LogP contribution in [0.25, 0.3) is 5.57 Å². The number of hydrogen-bond acceptors (Lipinski definition) is 3. The van der Waals surface area contributed by atoms with Gasteiger partial charge >= 0.3 is 6.09 Å². The Labute approximate surface area is 147 Å². The van der Waals surface area contributed by atoms with Crippen LogP contribution in [0.15, 0.2) is 18.2 Å². The zero-order chi connectivity index (χ0) is 17.2. The van der Waals surface area contributed by atoms with Crippen LogP contribution in [0.5, 0.6) is 0 Å². The van der Waals surface area contributed by atoms with Crippen molar-refractivity contribution in [3.63, 3.8) is 0 Å². The van der Waals surface area contributed by atoms with Crippen molar-refractivity contribution in [3.8, 4) is 0 Å². The van der Waals surface area contributed by atoms with E-state index >= 15 is 0 Å². The van der Waals surface area contributed by atoms with E-state index in [4.69, 9.17) is 27.9 Å². The zero-order valence-electron chi connectivity index (χ0n) is 13.9. The molecule has 1 amide bonds. The van der Waals surface area contributed by atoms with Crippen LogP contribution in [0.3, 0.4) is 0 Å². The first-order chi connectivity index (χ1) is 10.7. The van der Waals surface area contributed by atoms with Crippen LogP contribution in [0.2, 0.25) is 10.0 Å². The molecule has 0 aliphatic carbocycles. The van der Waals surface area contributed by atoms with Crippen molar-refractivity contribution in [2.75, 3.05) is 25.5 Å². The number of hydrogen-bond donors (Lipinski definition) is 1. The Morgan fingerprint density at radius 1 is 1.26 bits per heavy atom. The van der Waals surface area contributed by atoms with Crippen LogP contribution in [-0.4, -0.2) is 36.7 Å². The second-order valence-electron chi connectivity index (χ2n) is 6.47. The molecule has 1 N–H and O–H groups in total. The number of halogens is 2. The highest BCUT2D eigenvalue weighted by molar-refractivity contribution is 6.38. The van der Waals surface area contributed by atoms with E-state index in [-0.39, 0.29) is 6.09 Å². The minimum absolute atomic E-state index is 0.296. The number of anilines is 1. The van der Waals surface area contributed by atoms with Gasteiger partial charge in [0, 0.05) is 31.4 Å². The van der Waals surface area contributed by atoms with Crippen molar-refractivity contribution in [2.24, 2.45) is 0 Å². The van der Waals surface area contributed by atoms with Crippen molar-refractivity contribution >= 4 is 40.6 Å². The van der Waals surface area contributed by atoms with Crippen molar-refractivity contribution in [1.29, 1.82) is 0 Å². The number of benzene rings is 1. The number of ether oxygens (including phenoxy) is 1. The molecule has 0 bridgehead atoms. The summed E-state index contributed by atoms with van der Waals surface area (Å²) in [4.78, 5) is 13.8. The third kappa shape index (κ3) is 4.55. The summed E-state index contributed by atoms with van der Waals surface area (Å²) in [7, 11) is 1.82. The van der Waals surface area contributed by atoms with Gasteiger partial charge in [-0.3, -0.25) is 0 Å². The summed E-state index contributed by atoms with van der Waals surface area (Å²) in [6.45, 7) is 6.66. The largest absolute Gasteiger partial charge is 0.444 e. The van der Waals surface area contributed by atoms with Gasteiger partial charge in [0.05, 0.1) is 10.0 Å². The Morgan fingerprint density at radius 3 is 2.30 bits per heavy atom. The van der Waals surface area contributed by atoms with Crippen LogP contribution >= 0.6 is 23.2 Å². The van der Waals surface area contributed by atoms with Gasteiger partial charge < -0.3 is 15.0 Å². The first kappa shape index (κ1) is 18.0. The molecule has 0 fully saturated rings. The lowest BCUT2D eigenvalue weighted by Crippen LogP contribution is -2.39. The molecule has 1 heterocycles.